The minimum absolute atomic E-state index is 0.114. The molecule has 0 bridgehead atoms. The fraction of sp³-hybridized carbons (Fsp3) is 0. The number of benzene rings is 2. The molecular formula is C13H9FN2O3. The Labute approximate surface area is 107 Å². The highest BCUT2D eigenvalue weighted by Crippen LogP contribution is 2.22. The van der Waals surface area contributed by atoms with Crippen LogP contribution in [0, 0.1) is 15.9 Å². The van der Waals surface area contributed by atoms with E-state index in [0.717, 1.165) is 0 Å². The van der Waals surface area contributed by atoms with Crippen LogP contribution in [0.1, 0.15) is 5.56 Å². The Kier molecular flexibility index (Phi) is 3.51. The van der Waals surface area contributed by atoms with Gasteiger partial charge in [0.05, 0.1) is 10.6 Å². The van der Waals surface area contributed by atoms with Crippen LogP contribution in [0.3, 0.4) is 0 Å². The van der Waals surface area contributed by atoms with E-state index < -0.39 is 4.92 Å². The first-order valence-corrected chi connectivity index (χ1v) is 5.33. The van der Waals surface area contributed by atoms with Gasteiger partial charge in [-0.2, -0.15) is 0 Å². The molecule has 0 aliphatic rings. The summed E-state index contributed by atoms with van der Waals surface area (Å²) in [5.74, 6) is -0.492. The van der Waals surface area contributed by atoms with E-state index in [1.54, 1.807) is 0 Å². The number of phenolic OH excluding ortho intramolecular Hbond substituents is 1. The quantitative estimate of drug-likeness (QED) is 0.523. The molecule has 96 valence electrons. The number of nitro groups is 1. The largest absolute Gasteiger partial charge is 0.507 e. The molecule has 0 heterocycles. The van der Waals surface area contributed by atoms with Gasteiger partial charge >= 0.3 is 0 Å². The summed E-state index contributed by atoms with van der Waals surface area (Å²) in [6, 6.07) is 9.05. The molecule has 5 nitrogen and oxygen atoms in total. The summed E-state index contributed by atoms with van der Waals surface area (Å²) in [5.41, 5.74) is 0.559. The van der Waals surface area contributed by atoms with E-state index in [9.17, 15) is 19.6 Å². The lowest BCUT2D eigenvalue weighted by Gasteiger charge is -1.98. The SMILES string of the molecule is O=[N+]([O-])c1ccc(O)c(C=Nc2ccc(F)cc2)c1. The average Bonchev–Trinajstić information content (AvgIpc) is 2.39. The van der Waals surface area contributed by atoms with Gasteiger partial charge in [0.2, 0.25) is 0 Å². The van der Waals surface area contributed by atoms with Gasteiger partial charge in [-0.3, -0.25) is 15.1 Å². The zero-order valence-electron chi connectivity index (χ0n) is 9.65. The van der Waals surface area contributed by atoms with E-state index in [-0.39, 0.29) is 22.8 Å². The smallest absolute Gasteiger partial charge is 0.270 e. The molecule has 0 aliphatic carbocycles. The van der Waals surface area contributed by atoms with Crippen LogP contribution < -0.4 is 0 Å². The number of hydrogen-bond acceptors (Lipinski definition) is 4. The number of halogens is 1. The van der Waals surface area contributed by atoms with Gasteiger partial charge < -0.3 is 5.11 Å². The Bertz CT molecular complexity index is 639. The van der Waals surface area contributed by atoms with Gasteiger partial charge in [-0.15, -0.1) is 0 Å². The number of phenols is 1. The molecule has 0 spiro atoms. The lowest BCUT2D eigenvalue weighted by atomic mass is 10.2. The van der Waals surface area contributed by atoms with Gasteiger partial charge in [0.25, 0.3) is 5.69 Å². The lowest BCUT2D eigenvalue weighted by molar-refractivity contribution is -0.384. The molecule has 0 aromatic heterocycles. The molecule has 0 amide bonds. The Morgan fingerprint density at radius 2 is 1.89 bits per heavy atom. The van der Waals surface area contributed by atoms with Gasteiger partial charge in [0.15, 0.2) is 0 Å². The van der Waals surface area contributed by atoms with E-state index in [1.165, 1.54) is 48.7 Å². The van der Waals surface area contributed by atoms with Crippen molar-refractivity contribution in [3.8, 4) is 5.75 Å². The average molecular weight is 260 g/mol. The van der Waals surface area contributed by atoms with Crippen LogP contribution in [0.2, 0.25) is 0 Å². The molecule has 0 aliphatic heterocycles. The summed E-state index contributed by atoms with van der Waals surface area (Å²) in [6.45, 7) is 0. The number of nitrogens with zero attached hydrogens (tertiary/aromatic N) is 2. The molecule has 0 saturated carbocycles. The first-order valence-electron chi connectivity index (χ1n) is 5.33. The van der Waals surface area contributed by atoms with E-state index >= 15 is 0 Å². The van der Waals surface area contributed by atoms with E-state index in [0.29, 0.717) is 5.69 Å². The first-order chi connectivity index (χ1) is 9.06. The van der Waals surface area contributed by atoms with Crippen LogP contribution in [0.25, 0.3) is 0 Å². The van der Waals surface area contributed by atoms with Crippen LogP contribution in [0.4, 0.5) is 15.8 Å². The Morgan fingerprint density at radius 3 is 2.53 bits per heavy atom. The van der Waals surface area contributed by atoms with Gasteiger partial charge in [-0.05, 0) is 30.3 Å². The predicted octanol–water partition coefficient (Wildman–Crippen LogP) is 3.19. The van der Waals surface area contributed by atoms with Crippen LogP contribution in [-0.4, -0.2) is 16.2 Å². The van der Waals surface area contributed by atoms with Crippen LogP contribution in [0.15, 0.2) is 47.5 Å². The maximum absolute atomic E-state index is 12.7. The lowest BCUT2D eigenvalue weighted by Crippen LogP contribution is -1.90. The molecule has 2 aromatic rings. The molecule has 6 heteroatoms. The topological polar surface area (TPSA) is 75.7 Å². The fourth-order valence-corrected chi connectivity index (χ4v) is 1.43. The highest BCUT2D eigenvalue weighted by atomic mass is 19.1. The van der Waals surface area contributed by atoms with Gasteiger partial charge in [0.1, 0.15) is 11.6 Å². The Morgan fingerprint density at radius 1 is 1.21 bits per heavy atom. The van der Waals surface area contributed by atoms with Crippen molar-refractivity contribution in [1.29, 1.82) is 0 Å². The molecule has 0 saturated heterocycles. The van der Waals surface area contributed by atoms with E-state index in [4.69, 9.17) is 0 Å². The minimum Gasteiger partial charge on any atom is -0.507 e. The van der Waals surface area contributed by atoms with Crippen molar-refractivity contribution in [2.45, 2.75) is 0 Å². The van der Waals surface area contributed by atoms with Crippen molar-refractivity contribution in [1.82, 2.24) is 0 Å². The highest BCUT2D eigenvalue weighted by Gasteiger charge is 2.08. The third-order valence-electron chi connectivity index (χ3n) is 2.40. The maximum Gasteiger partial charge on any atom is 0.270 e. The van der Waals surface area contributed by atoms with Gasteiger partial charge in [0, 0.05) is 23.9 Å². The van der Waals surface area contributed by atoms with Crippen molar-refractivity contribution in [3.63, 3.8) is 0 Å². The summed E-state index contributed by atoms with van der Waals surface area (Å²) in [4.78, 5) is 14.1. The molecular weight excluding hydrogens is 251 g/mol. The predicted molar refractivity (Wildman–Crippen MR) is 68.4 cm³/mol. The summed E-state index contributed by atoms with van der Waals surface area (Å²) in [7, 11) is 0. The number of rotatable bonds is 3. The molecule has 2 aromatic carbocycles. The monoisotopic (exact) mass is 260 g/mol. The molecule has 0 fully saturated rings. The van der Waals surface area contributed by atoms with Crippen LogP contribution in [0.5, 0.6) is 5.75 Å². The number of nitro benzene ring substituents is 1. The van der Waals surface area contributed by atoms with Crippen molar-refractivity contribution in [2.75, 3.05) is 0 Å². The first kappa shape index (κ1) is 12.7. The Balaban J connectivity index is 2.29. The highest BCUT2D eigenvalue weighted by molar-refractivity contribution is 5.86. The van der Waals surface area contributed by atoms with Crippen molar-refractivity contribution in [3.05, 3.63) is 64.0 Å². The fourth-order valence-electron chi connectivity index (χ4n) is 1.43. The number of non-ortho nitro benzene ring substituents is 1. The summed E-state index contributed by atoms with van der Waals surface area (Å²) < 4.78 is 12.7. The molecule has 0 atom stereocenters. The molecule has 0 radical (unpaired) electrons. The molecule has 19 heavy (non-hydrogen) atoms. The second kappa shape index (κ2) is 5.26. The van der Waals surface area contributed by atoms with Crippen molar-refractivity contribution >= 4 is 17.6 Å². The summed E-state index contributed by atoms with van der Waals surface area (Å²) in [6.07, 6.45) is 1.29. The van der Waals surface area contributed by atoms with E-state index in [2.05, 4.69) is 4.99 Å². The minimum atomic E-state index is -0.561. The van der Waals surface area contributed by atoms with Crippen molar-refractivity contribution < 1.29 is 14.4 Å². The van der Waals surface area contributed by atoms with Crippen molar-refractivity contribution in [2.24, 2.45) is 4.99 Å². The number of aromatic hydroxyl groups is 1. The summed E-state index contributed by atoms with van der Waals surface area (Å²) in [5, 5.41) is 20.2. The maximum atomic E-state index is 12.7. The zero-order chi connectivity index (χ0) is 13.8. The number of hydrogen-bond donors (Lipinski definition) is 1. The molecule has 2 rings (SSSR count). The molecule has 0 unspecified atom stereocenters. The van der Waals surface area contributed by atoms with Crippen LogP contribution >= 0.6 is 0 Å². The number of aliphatic imine (C=N–C) groups is 1. The van der Waals surface area contributed by atoms with Gasteiger partial charge in [-0.1, -0.05) is 0 Å². The summed E-state index contributed by atoms with van der Waals surface area (Å²) >= 11 is 0. The molecule has 1 N–H and O–H groups in total. The normalized spacial score (nSPS) is 10.8. The third kappa shape index (κ3) is 3.12. The Hall–Kier alpha value is -2.76. The van der Waals surface area contributed by atoms with Crippen LogP contribution in [-0.2, 0) is 0 Å². The third-order valence-corrected chi connectivity index (χ3v) is 2.40. The second-order valence-corrected chi connectivity index (χ2v) is 3.73. The van der Waals surface area contributed by atoms with E-state index in [1.807, 2.05) is 0 Å². The van der Waals surface area contributed by atoms with Gasteiger partial charge in [-0.25, -0.2) is 4.39 Å². The standard InChI is InChI=1S/C13H9FN2O3/c14-10-1-3-11(4-2-10)15-8-9-7-12(16(18)19)5-6-13(9)17/h1-8,17H. The zero-order valence-corrected chi connectivity index (χ0v) is 9.65. The second-order valence-electron chi connectivity index (χ2n) is 3.73.